The third kappa shape index (κ3) is 2.28. The maximum absolute atomic E-state index is 4.49. The SMILES string of the molecule is CNC(C)c1ccnn1C1CCCN(C)C1. The van der Waals surface area contributed by atoms with Crippen LogP contribution in [0.1, 0.15) is 37.5 Å². The summed E-state index contributed by atoms with van der Waals surface area (Å²) < 4.78 is 2.21. The Balaban J connectivity index is 2.16. The lowest BCUT2D eigenvalue weighted by Crippen LogP contribution is -2.35. The Morgan fingerprint density at radius 1 is 1.56 bits per heavy atom. The van der Waals surface area contributed by atoms with Gasteiger partial charge in [0.05, 0.1) is 11.7 Å². The molecule has 1 fully saturated rings. The van der Waals surface area contributed by atoms with Gasteiger partial charge in [-0.15, -0.1) is 0 Å². The molecule has 2 heterocycles. The molecule has 0 bridgehead atoms. The van der Waals surface area contributed by atoms with E-state index >= 15 is 0 Å². The van der Waals surface area contributed by atoms with Gasteiger partial charge in [-0.25, -0.2) is 0 Å². The molecule has 1 N–H and O–H groups in total. The van der Waals surface area contributed by atoms with Crippen molar-refractivity contribution in [2.75, 3.05) is 27.2 Å². The molecule has 1 aliphatic heterocycles. The number of aromatic nitrogens is 2. The van der Waals surface area contributed by atoms with E-state index < -0.39 is 0 Å². The molecule has 1 aromatic heterocycles. The summed E-state index contributed by atoms with van der Waals surface area (Å²) in [5.41, 5.74) is 1.29. The number of nitrogens with one attached hydrogen (secondary N) is 1. The van der Waals surface area contributed by atoms with Gasteiger partial charge in [-0.3, -0.25) is 4.68 Å². The summed E-state index contributed by atoms with van der Waals surface area (Å²) in [5, 5.41) is 7.78. The van der Waals surface area contributed by atoms with E-state index in [-0.39, 0.29) is 0 Å². The molecule has 4 nitrogen and oxygen atoms in total. The van der Waals surface area contributed by atoms with Gasteiger partial charge < -0.3 is 10.2 Å². The number of nitrogens with zero attached hydrogens (tertiary/aromatic N) is 3. The standard InChI is InChI=1S/C12H22N4/c1-10(13-2)12-6-7-14-16(12)11-5-4-8-15(3)9-11/h6-7,10-11,13H,4-5,8-9H2,1-3H3. The normalized spacial score (nSPS) is 24.6. The minimum Gasteiger partial charge on any atom is -0.312 e. The van der Waals surface area contributed by atoms with E-state index in [1.54, 1.807) is 0 Å². The molecule has 0 aromatic carbocycles. The Hall–Kier alpha value is -0.870. The van der Waals surface area contributed by atoms with E-state index in [1.807, 2.05) is 13.2 Å². The van der Waals surface area contributed by atoms with E-state index in [1.165, 1.54) is 25.1 Å². The molecule has 2 rings (SSSR count). The largest absolute Gasteiger partial charge is 0.312 e. The van der Waals surface area contributed by atoms with E-state index in [4.69, 9.17) is 0 Å². The van der Waals surface area contributed by atoms with Gasteiger partial charge in [-0.2, -0.15) is 5.10 Å². The van der Waals surface area contributed by atoms with E-state index in [2.05, 4.69) is 40.0 Å². The predicted molar refractivity (Wildman–Crippen MR) is 65.5 cm³/mol. The molecular formula is C12H22N4. The molecule has 1 aliphatic rings. The maximum Gasteiger partial charge on any atom is 0.0650 e. The molecule has 4 heteroatoms. The van der Waals surface area contributed by atoms with E-state index in [9.17, 15) is 0 Å². The topological polar surface area (TPSA) is 33.1 Å². The van der Waals surface area contributed by atoms with Crippen molar-refractivity contribution < 1.29 is 0 Å². The molecule has 0 radical (unpaired) electrons. The van der Waals surface area contributed by atoms with Crippen molar-refractivity contribution in [3.8, 4) is 0 Å². The second-order valence-electron chi connectivity index (χ2n) is 4.77. The number of rotatable bonds is 3. The van der Waals surface area contributed by atoms with Gasteiger partial charge in [-0.1, -0.05) is 0 Å². The van der Waals surface area contributed by atoms with Gasteiger partial charge in [0, 0.05) is 18.8 Å². The lowest BCUT2D eigenvalue weighted by atomic mass is 10.1. The highest BCUT2D eigenvalue weighted by molar-refractivity contribution is 5.07. The van der Waals surface area contributed by atoms with Gasteiger partial charge in [-0.05, 0) is 46.5 Å². The van der Waals surface area contributed by atoms with Crippen molar-refractivity contribution in [1.29, 1.82) is 0 Å². The van der Waals surface area contributed by atoms with E-state index in [0.717, 1.165) is 6.54 Å². The van der Waals surface area contributed by atoms with Crippen LogP contribution in [0.2, 0.25) is 0 Å². The first-order chi connectivity index (χ1) is 7.72. The molecule has 0 aliphatic carbocycles. The Labute approximate surface area is 97.6 Å². The summed E-state index contributed by atoms with van der Waals surface area (Å²) in [4.78, 5) is 2.39. The molecule has 0 amide bonds. The first-order valence-corrected chi connectivity index (χ1v) is 6.11. The highest BCUT2D eigenvalue weighted by atomic mass is 15.3. The molecule has 2 atom stereocenters. The zero-order chi connectivity index (χ0) is 11.5. The zero-order valence-corrected chi connectivity index (χ0v) is 10.5. The summed E-state index contributed by atoms with van der Waals surface area (Å²) in [6.07, 6.45) is 4.43. The quantitative estimate of drug-likeness (QED) is 0.840. The van der Waals surface area contributed by atoms with Crippen molar-refractivity contribution in [3.05, 3.63) is 18.0 Å². The van der Waals surface area contributed by atoms with Crippen LogP contribution in [0.25, 0.3) is 0 Å². The minimum absolute atomic E-state index is 0.370. The predicted octanol–water partition coefficient (Wildman–Crippen LogP) is 1.43. The molecule has 1 saturated heterocycles. The average Bonchev–Trinajstić information content (AvgIpc) is 2.77. The second-order valence-corrected chi connectivity index (χ2v) is 4.77. The van der Waals surface area contributed by atoms with Crippen LogP contribution in [-0.2, 0) is 0 Å². The second kappa shape index (κ2) is 4.97. The Bertz CT molecular complexity index is 334. The fourth-order valence-electron chi connectivity index (χ4n) is 2.46. The summed E-state index contributed by atoms with van der Waals surface area (Å²) >= 11 is 0. The van der Waals surface area contributed by atoms with Crippen molar-refractivity contribution in [2.24, 2.45) is 0 Å². The Kier molecular flexibility index (Phi) is 3.61. The van der Waals surface area contributed by atoms with Crippen LogP contribution in [0, 0.1) is 0 Å². The lowest BCUT2D eigenvalue weighted by Gasteiger charge is -2.31. The van der Waals surface area contributed by atoms with Crippen molar-refractivity contribution in [1.82, 2.24) is 20.0 Å². The number of likely N-dealkylation sites (tertiary alicyclic amines) is 1. The molecule has 0 saturated carbocycles. The third-order valence-corrected chi connectivity index (χ3v) is 3.52. The van der Waals surface area contributed by atoms with Crippen LogP contribution >= 0.6 is 0 Å². The van der Waals surface area contributed by atoms with Crippen LogP contribution < -0.4 is 5.32 Å². The van der Waals surface area contributed by atoms with E-state index in [0.29, 0.717) is 12.1 Å². The molecule has 1 aromatic rings. The highest BCUT2D eigenvalue weighted by Crippen LogP contribution is 2.23. The summed E-state index contributed by atoms with van der Waals surface area (Å²) in [5.74, 6) is 0. The fourth-order valence-corrected chi connectivity index (χ4v) is 2.46. The summed E-state index contributed by atoms with van der Waals surface area (Å²) in [6, 6.07) is 3.03. The lowest BCUT2D eigenvalue weighted by molar-refractivity contribution is 0.198. The first-order valence-electron chi connectivity index (χ1n) is 6.11. The molecular weight excluding hydrogens is 200 g/mol. The molecule has 90 valence electrons. The Morgan fingerprint density at radius 3 is 3.06 bits per heavy atom. The molecule has 2 unspecified atom stereocenters. The summed E-state index contributed by atoms with van der Waals surface area (Å²) in [7, 11) is 4.19. The summed E-state index contributed by atoms with van der Waals surface area (Å²) in [6.45, 7) is 4.51. The van der Waals surface area contributed by atoms with Gasteiger partial charge in [0.25, 0.3) is 0 Å². The molecule has 0 spiro atoms. The Morgan fingerprint density at radius 2 is 2.38 bits per heavy atom. The average molecular weight is 222 g/mol. The van der Waals surface area contributed by atoms with Gasteiger partial charge >= 0.3 is 0 Å². The number of hydrogen-bond acceptors (Lipinski definition) is 3. The highest BCUT2D eigenvalue weighted by Gasteiger charge is 2.22. The van der Waals surface area contributed by atoms with Crippen LogP contribution in [0.4, 0.5) is 0 Å². The van der Waals surface area contributed by atoms with Crippen molar-refractivity contribution in [2.45, 2.75) is 31.8 Å². The van der Waals surface area contributed by atoms with Gasteiger partial charge in [0.2, 0.25) is 0 Å². The number of likely N-dealkylation sites (N-methyl/N-ethyl adjacent to an activating group) is 1. The fraction of sp³-hybridized carbons (Fsp3) is 0.750. The third-order valence-electron chi connectivity index (χ3n) is 3.52. The van der Waals surface area contributed by atoms with Crippen LogP contribution in [0.5, 0.6) is 0 Å². The first kappa shape index (κ1) is 11.6. The number of hydrogen-bond donors (Lipinski definition) is 1. The van der Waals surface area contributed by atoms with Crippen LogP contribution in [0.15, 0.2) is 12.3 Å². The van der Waals surface area contributed by atoms with Crippen LogP contribution in [0.3, 0.4) is 0 Å². The monoisotopic (exact) mass is 222 g/mol. The van der Waals surface area contributed by atoms with Crippen LogP contribution in [-0.4, -0.2) is 41.9 Å². The van der Waals surface area contributed by atoms with Gasteiger partial charge in [0.15, 0.2) is 0 Å². The smallest absolute Gasteiger partial charge is 0.0650 e. The minimum atomic E-state index is 0.370. The maximum atomic E-state index is 4.49. The van der Waals surface area contributed by atoms with Crippen molar-refractivity contribution in [3.63, 3.8) is 0 Å². The zero-order valence-electron chi connectivity index (χ0n) is 10.5. The molecule has 16 heavy (non-hydrogen) atoms. The van der Waals surface area contributed by atoms with Gasteiger partial charge in [0.1, 0.15) is 0 Å². The number of piperidine rings is 1. The van der Waals surface area contributed by atoms with Crippen molar-refractivity contribution >= 4 is 0 Å².